The van der Waals surface area contributed by atoms with Crippen LogP contribution in [0.2, 0.25) is 5.15 Å². The molecule has 18 heavy (non-hydrogen) atoms. The first-order valence-electron chi connectivity index (χ1n) is 5.77. The number of esters is 1. The van der Waals surface area contributed by atoms with Crippen LogP contribution in [0.4, 0.5) is 5.13 Å². The maximum Gasteiger partial charge on any atom is 0.351 e. The third-order valence-electron chi connectivity index (χ3n) is 2.53. The van der Waals surface area contributed by atoms with Crippen LogP contribution in [0.1, 0.15) is 22.5 Å². The normalized spacial score (nSPS) is 14.6. The molecule has 0 spiro atoms. The highest BCUT2D eigenvalue weighted by Crippen LogP contribution is 2.29. The average Bonchev–Trinajstić information content (AvgIpc) is 3.11. The number of hydrogen-bond donors (Lipinski definition) is 1. The lowest BCUT2D eigenvalue weighted by molar-refractivity contribution is 0.0606. The van der Waals surface area contributed by atoms with Crippen molar-refractivity contribution in [3.63, 3.8) is 0 Å². The molecule has 0 radical (unpaired) electrons. The second-order valence-electron chi connectivity index (χ2n) is 4.08. The summed E-state index contributed by atoms with van der Waals surface area (Å²) in [6, 6.07) is 0. The molecule has 1 aliphatic rings. The van der Waals surface area contributed by atoms with Gasteiger partial charge in [-0.1, -0.05) is 22.9 Å². The fourth-order valence-electron chi connectivity index (χ4n) is 1.36. The number of nitrogens with zero attached hydrogens (tertiary/aromatic N) is 1. The molecular formula is C11H15ClN2O3S. The van der Waals surface area contributed by atoms with Gasteiger partial charge < -0.3 is 14.8 Å². The van der Waals surface area contributed by atoms with Gasteiger partial charge in [-0.05, 0) is 18.8 Å². The molecule has 0 aromatic carbocycles. The Morgan fingerprint density at radius 2 is 2.39 bits per heavy atom. The molecule has 0 bridgehead atoms. The van der Waals surface area contributed by atoms with Crippen molar-refractivity contribution in [1.82, 2.24) is 4.98 Å². The third-order valence-corrected chi connectivity index (χ3v) is 3.91. The number of thiazole rings is 1. The number of ether oxygens (including phenoxy) is 2. The summed E-state index contributed by atoms with van der Waals surface area (Å²) in [6.07, 6.45) is 2.58. The summed E-state index contributed by atoms with van der Waals surface area (Å²) in [7, 11) is 1.32. The lowest BCUT2D eigenvalue weighted by Crippen LogP contribution is -2.10. The van der Waals surface area contributed by atoms with Gasteiger partial charge in [0.05, 0.1) is 13.7 Å². The Hall–Kier alpha value is -0.850. The molecular weight excluding hydrogens is 276 g/mol. The summed E-state index contributed by atoms with van der Waals surface area (Å²) in [5, 5.41) is 3.85. The lowest BCUT2D eigenvalue weighted by Gasteiger charge is -2.03. The van der Waals surface area contributed by atoms with Crippen molar-refractivity contribution in [2.45, 2.75) is 12.8 Å². The van der Waals surface area contributed by atoms with E-state index in [1.807, 2.05) is 0 Å². The molecule has 0 atom stereocenters. The van der Waals surface area contributed by atoms with Gasteiger partial charge in [0.2, 0.25) is 0 Å². The Balaban J connectivity index is 1.73. The van der Waals surface area contributed by atoms with Crippen LogP contribution in [-0.4, -0.2) is 37.8 Å². The molecule has 0 aliphatic heterocycles. The Bertz CT molecular complexity index is 420. The van der Waals surface area contributed by atoms with Crippen molar-refractivity contribution >= 4 is 34.0 Å². The van der Waals surface area contributed by atoms with Gasteiger partial charge in [-0.3, -0.25) is 0 Å². The number of halogens is 1. The van der Waals surface area contributed by atoms with Crippen molar-refractivity contribution in [3.8, 4) is 0 Å². The summed E-state index contributed by atoms with van der Waals surface area (Å²) in [4.78, 5) is 15.7. The Morgan fingerprint density at radius 3 is 3.06 bits per heavy atom. The van der Waals surface area contributed by atoms with Crippen molar-refractivity contribution < 1.29 is 14.3 Å². The largest absolute Gasteiger partial charge is 0.465 e. The van der Waals surface area contributed by atoms with Crippen molar-refractivity contribution in [1.29, 1.82) is 0 Å². The Labute approximate surface area is 114 Å². The van der Waals surface area contributed by atoms with Crippen molar-refractivity contribution in [2.75, 3.05) is 32.2 Å². The van der Waals surface area contributed by atoms with Crippen molar-refractivity contribution in [3.05, 3.63) is 10.0 Å². The van der Waals surface area contributed by atoms with Gasteiger partial charge in [0.15, 0.2) is 15.2 Å². The fraction of sp³-hybridized carbons (Fsp3) is 0.636. The van der Waals surface area contributed by atoms with E-state index in [1.54, 1.807) is 0 Å². The molecule has 1 saturated carbocycles. The monoisotopic (exact) mass is 290 g/mol. The number of carbonyl (C=O) groups is 1. The second-order valence-corrected chi connectivity index (χ2v) is 5.43. The van der Waals surface area contributed by atoms with Crippen LogP contribution in [0.5, 0.6) is 0 Å². The topological polar surface area (TPSA) is 60.5 Å². The molecule has 7 heteroatoms. The smallest absolute Gasteiger partial charge is 0.351 e. The van der Waals surface area contributed by atoms with Crippen molar-refractivity contribution in [2.24, 2.45) is 5.92 Å². The minimum absolute atomic E-state index is 0.174. The van der Waals surface area contributed by atoms with Gasteiger partial charge in [-0.2, -0.15) is 0 Å². The van der Waals surface area contributed by atoms with Gasteiger partial charge in [-0.15, -0.1) is 0 Å². The Morgan fingerprint density at radius 1 is 1.61 bits per heavy atom. The zero-order valence-electron chi connectivity index (χ0n) is 10.1. The first-order chi connectivity index (χ1) is 8.70. The van der Waals surface area contributed by atoms with Crippen LogP contribution in [0.15, 0.2) is 0 Å². The minimum Gasteiger partial charge on any atom is -0.465 e. The van der Waals surface area contributed by atoms with Crippen LogP contribution >= 0.6 is 22.9 Å². The minimum atomic E-state index is -0.462. The van der Waals surface area contributed by atoms with Crippen LogP contribution in [0.25, 0.3) is 0 Å². The van der Waals surface area contributed by atoms with Gasteiger partial charge in [0, 0.05) is 13.2 Å². The molecule has 1 aromatic rings. The molecule has 1 N–H and O–H groups in total. The first-order valence-corrected chi connectivity index (χ1v) is 6.96. The second kappa shape index (κ2) is 6.36. The van der Waals surface area contributed by atoms with E-state index in [1.165, 1.54) is 31.3 Å². The summed E-state index contributed by atoms with van der Waals surface area (Å²) in [5.74, 6) is 0.306. The molecule has 2 rings (SSSR count). The molecule has 0 saturated heterocycles. The zero-order chi connectivity index (χ0) is 13.0. The number of methoxy groups -OCH3 is 1. The highest BCUT2D eigenvalue weighted by molar-refractivity contribution is 7.18. The number of rotatable bonds is 7. The van der Waals surface area contributed by atoms with Gasteiger partial charge in [0.1, 0.15) is 0 Å². The molecule has 1 aliphatic carbocycles. The van der Waals surface area contributed by atoms with Gasteiger partial charge in [0.25, 0.3) is 0 Å². The maximum absolute atomic E-state index is 11.3. The predicted octanol–water partition coefficient (Wildman–Crippen LogP) is 2.42. The van der Waals surface area contributed by atoms with E-state index in [0.717, 1.165) is 12.5 Å². The van der Waals surface area contributed by atoms with E-state index in [2.05, 4.69) is 15.0 Å². The summed E-state index contributed by atoms with van der Waals surface area (Å²) >= 11 is 7.02. The number of anilines is 1. The van der Waals surface area contributed by atoms with Crippen LogP contribution in [0, 0.1) is 5.92 Å². The highest BCUT2D eigenvalue weighted by atomic mass is 35.5. The average molecular weight is 291 g/mol. The molecule has 100 valence electrons. The SMILES string of the molecule is COC(=O)c1sc(NCCOCC2CC2)nc1Cl. The molecule has 1 aromatic heterocycles. The summed E-state index contributed by atoms with van der Waals surface area (Å²) < 4.78 is 10.1. The summed E-state index contributed by atoms with van der Waals surface area (Å²) in [6.45, 7) is 2.12. The standard InChI is InChI=1S/C11H15ClN2O3S/c1-16-10(15)8-9(12)14-11(18-8)13-4-5-17-6-7-2-3-7/h7H,2-6H2,1H3,(H,13,14). The Kier molecular flexibility index (Phi) is 4.79. The summed E-state index contributed by atoms with van der Waals surface area (Å²) in [5.41, 5.74) is 0. The van der Waals surface area contributed by atoms with E-state index in [4.69, 9.17) is 16.3 Å². The van der Waals surface area contributed by atoms with Gasteiger partial charge in [-0.25, -0.2) is 9.78 Å². The van der Waals surface area contributed by atoms with Gasteiger partial charge >= 0.3 is 5.97 Å². The number of carbonyl (C=O) groups excluding carboxylic acids is 1. The van der Waals surface area contributed by atoms with E-state index in [-0.39, 0.29) is 5.15 Å². The van der Waals surface area contributed by atoms with E-state index in [0.29, 0.717) is 23.2 Å². The number of aromatic nitrogens is 1. The van der Waals surface area contributed by atoms with E-state index >= 15 is 0 Å². The first kappa shape index (κ1) is 13.6. The predicted molar refractivity (Wildman–Crippen MR) is 70.5 cm³/mol. The fourth-order valence-corrected chi connectivity index (χ4v) is 2.49. The highest BCUT2D eigenvalue weighted by Gasteiger charge is 2.21. The third kappa shape index (κ3) is 3.83. The van der Waals surface area contributed by atoms with Crippen LogP contribution < -0.4 is 5.32 Å². The van der Waals surface area contributed by atoms with E-state index < -0.39 is 5.97 Å². The van der Waals surface area contributed by atoms with Crippen LogP contribution in [-0.2, 0) is 9.47 Å². The zero-order valence-corrected chi connectivity index (χ0v) is 11.6. The molecule has 1 heterocycles. The molecule has 0 unspecified atom stereocenters. The maximum atomic E-state index is 11.3. The van der Waals surface area contributed by atoms with Crippen LogP contribution in [0.3, 0.4) is 0 Å². The quantitative estimate of drug-likeness (QED) is 0.617. The number of hydrogen-bond acceptors (Lipinski definition) is 6. The van der Waals surface area contributed by atoms with E-state index in [9.17, 15) is 4.79 Å². The molecule has 1 fully saturated rings. The molecule has 5 nitrogen and oxygen atoms in total. The lowest BCUT2D eigenvalue weighted by atomic mass is 10.5. The molecule has 0 amide bonds. The number of nitrogens with one attached hydrogen (secondary N) is 1.